The van der Waals surface area contributed by atoms with Gasteiger partial charge in [-0.15, -0.1) is 0 Å². The van der Waals surface area contributed by atoms with E-state index in [1.807, 2.05) is 12.1 Å². The highest BCUT2D eigenvalue weighted by atomic mass is 16.9. The van der Waals surface area contributed by atoms with E-state index in [0.29, 0.717) is 19.1 Å². The number of ether oxygens (including phenoxy) is 7. The lowest BCUT2D eigenvalue weighted by Gasteiger charge is -2.37. The molecule has 2 saturated carbocycles. The molecule has 0 radical (unpaired) electrons. The second-order valence-corrected chi connectivity index (χ2v) is 12.0. The van der Waals surface area contributed by atoms with Gasteiger partial charge in [-0.1, -0.05) is 38.8 Å². The fourth-order valence-corrected chi connectivity index (χ4v) is 6.56. The molecule has 7 nitrogen and oxygen atoms in total. The van der Waals surface area contributed by atoms with Gasteiger partial charge in [0.2, 0.25) is 0 Å². The molecular weight excluding hydrogens is 472 g/mol. The van der Waals surface area contributed by atoms with Gasteiger partial charge >= 0.3 is 0 Å². The van der Waals surface area contributed by atoms with E-state index in [2.05, 4.69) is 26.0 Å². The number of hydrogen-bond acceptors (Lipinski definition) is 7. The molecule has 7 heteroatoms. The highest BCUT2D eigenvalue weighted by Crippen LogP contribution is 2.50. The van der Waals surface area contributed by atoms with Gasteiger partial charge in [0, 0.05) is 25.7 Å². The summed E-state index contributed by atoms with van der Waals surface area (Å²) in [4.78, 5) is 0. The molecule has 1 aromatic rings. The quantitative estimate of drug-likeness (QED) is 0.428. The van der Waals surface area contributed by atoms with E-state index >= 15 is 0 Å². The summed E-state index contributed by atoms with van der Waals surface area (Å²) in [5.74, 6) is 0.499. The van der Waals surface area contributed by atoms with Crippen LogP contribution in [-0.2, 0) is 35.0 Å². The highest BCUT2D eigenvalue weighted by molar-refractivity contribution is 5.26. The van der Waals surface area contributed by atoms with Crippen molar-refractivity contribution in [3.8, 4) is 5.75 Å². The molecule has 37 heavy (non-hydrogen) atoms. The largest absolute Gasteiger partial charge is 0.494 e. The lowest BCUT2D eigenvalue weighted by atomic mass is 9.94. The monoisotopic (exact) mass is 516 g/mol. The Morgan fingerprint density at radius 3 is 2.08 bits per heavy atom. The normalized spacial score (nSPS) is 34.1. The first-order valence-electron chi connectivity index (χ1n) is 14.7. The summed E-state index contributed by atoms with van der Waals surface area (Å²) in [6, 6.07) is 8.17. The molecule has 5 fully saturated rings. The van der Waals surface area contributed by atoms with Gasteiger partial charge in [0.1, 0.15) is 30.2 Å². The third kappa shape index (κ3) is 5.73. The van der Waals surface area contributed by atoms with E-state index in [0.717, 1.165) is 75.7 Å². The average Bonchev–Trinajstić information content (AvgIpc) is 3.43. The Labute approximate surface area is 221 Å². The molecule has 0 aromatic heterocycles. The van der Waals surface area contributed by atoms with Gasteiger partial charge in [0.15, 0.2) is 17.9 Å². The van der Waals surface area contributed by atoms with E-state index in [4.69, 9.17) is 33.2 Å². The highest BCUT2D eigenvalue weighted by Gasteiger charge is 2.63. The van der Waals surface area contributed by atoms with Crippen LogP contribution in [0.15, 0.2) is 24.3 Å². The van der Waals surface area contributed by atoms with E-state index in [1.54, 1.807) is 0 Å². The molecule has 6 rings (SSSR count). The van der Waals surface area contributed by atoms with Gasteiger partial charge in [-0.05, 0) is 55.7 Å². The molecule has 206 valence electrons. The molecule has 0 bridgehead atoms. The van der Waals surface area contributed by atoms with Crippen molar-refractivity contribution in [1.82, 2.24) is 0 Å². The smallest absolute Gasteiger partial charge is 0.190 e. The van der Waals surface area contributed by atoms with Crippen molar-refractivity contribution in [2.45, 2.75) is 133 Å². The van der Waals surface area contributed by atoms with Crippen LogP contribution in [0.4, 0.5) is 0 Å². The Morgan fingerprint density at radius 2 is 1.41 bits per heavy atom. The number of benzene rings is 1. The van der Waals surface area contributed by atoms with Crippen LogP contribution in [0.1, 0.15) is 90.0 Å². The Balaban J connectivity index is 1.09. The zero-order valence-corrected chi connectivity index (χ0v) is 22.5. The number of hydrogen-bond donors (Lipinski definition) is 0. The van der Waals surface area contributed by atoms with Crippen LogP contribution in [0.2, 0.25) is 0 Å². The third-order valence-electron chi connectivity index (χ3n) is 8.64. The van der Waals surface area contributed by atoms with Crippen LogP contribution in [0.3, 0.4) is 0 Å². The molecule has 2 spiro atoms. The molecule has 3 heterocycles. The summed E-state index contributed by atoms with van der Waals surface area (Å²) >= 11 is 0. The van der Waals surface area contributed by atoms with Crippen LogP contribution < -0.4 is 4.74 Å². The summed E-state index contributed by atoms with van der Waals surface area (Å²) in [7, 11) is 0. The van der Waals surface area contributed by atoms with Crippen molar-refractivity contribution in [3.63, 3.8) is 0 Å². The van der Waals surface area contributed by atoms with E-state index in [9.17, 15) is 0 Å². The molecule has 0 N–H and O–H groups in total. The van der Waals surface area contributed by atoms with Crippen molar-refractivity contribution < 1.29 is 33.2 Å². The molecule has 3 saturated heterocycles. The van der Waals surface area contributed by atoms with Crippen LogP contribution in [0, 0.1) is 5.92 Å². The van der Waals surface area contributed by atoms with Crippen LogP contribution in [0.25, 0.3) is 0 Å². The molecular formula is C30H44O7. The molecule has 3 aliphatic heterocycles. The number of rotatable bonds is 8. The van der Waals surface area contributed by atoms with Crippen molar-refractivity contribution in [3.05, 3.63) is 29.8 Å². The molecule has 0 unspecified atom stereocenters. The van der Waals surface area contributed by atoms with E-state index < -0.39 is 17.9 Å². The lowest BCUT2D eigenvalue weighted by molar-refractivity contribution is -0.256. The Bertz CT molecular complexity index is 874. The van der Waals surface area contributed by atoms with E-state index in [-0.39, 0.29) is 24.4 Å². The van der Waals surface area contributed by atoms with Crippen LogP contribution in [-0.4, -0.2) is 55.5 Å². The minimum Gasteiger partial charge on any atom is -0.494 e. The minimum atomic E-state index is -0.529. The van der Waals surface area contributed by atoms with Gasteiger partial charge in [-0.25, -0.2) is 0 Å². The molecule has 5 aliphatic rings. The van der Waals surface area contributed by atoms with Gasteiger partial charge in [0.25, 0.3) is 0 Å². The fraction of sp³-hybridized carbons (Fsp3) is 0.800. The van der Waals surface area contributed by atoms with E-state index in [1.165, 1.54) is 12.8 Å². The van der Waals surface area contributed by atoms with Crippen molar-refractivity contribution in [2.75, 3.05) is 13.2 Å². The maximum Gasteiger partial charge on any atom is 0.190 e. The summed E-state index contributed by atoms with van der Waals surface area (Å²) in [6.07, 6.45) is 10.4. The summed E-state index contributed by atoms with van der Waals surface area (Å²) < 4.78 is 45.0. The second kappa shape index (κ2) is 11.1. The average molecular weight is 517 g/mol. The third-order valence-corrected chi connectivity index (χ3v) is 8.64. The predicted molar refractivity (Wildman–Crippen MR) is 137 cm³/mol. The zero-order valence-electron chi connectivity index (χ0n) is 22.5. The second-order valence-electron chi connectivity index (χ2n) is 12.0. The maximum absolute atomic E-state index is 6.72. The first-order valence-corrected chi connectivity index (χ1v) is 14.7. The van der Waals surface area contributed by atoms with Crippen molar-refractivity contribution in [2.24, 2.45) is 5.92 Å². The fourth-order valence-electron chi connectivity index (χ4n) is 6.56. The molecule has 5 atom stereocenters. The predicted octanol–water partition coefficient (Wildman–Crippen LogP) is 5.87. The summed E-state index contributed by atoms with van der Waals surface area (Å²) in [6.45, 7) is 6.09. The summed E-state index contributed by atoms with van der Waals surface area (Å²) in [5.41, 5.74) is 1.11. The van der Waals surface area contributed by atoms with Gasteiger partial charge in [-0.3, -0.25) is 0 Å². The van der Waals surface area contributed by atoms with Gasteiger partial charge < -0.3 is 33.2 Å². The number of fused-ring (bicyclic) bond motifs is 3. The SMILES string of the molecule is CC(C)CCOc1ccc(COC[C@@H]2O[C@@H]3OC4(CCCCC4)O[C@H]3[C@H]3OC4(CCCCC4)O[C@@H]32)cc1. The summed E-state index contributed by atoms with van der Waals surface area (Å²) in [5, 5.41) is 0. The molecule has 2 aliphatic carbocycles. The van der Waals surface area contributed by atoms with Gasteiger partial charge in [0.05, 0.1) is 19.8 Å². The first-order chi connectivity index (χ1) is 18.0. The Hall–Kier alpha value is -1.22. The minimum absolute atomic E-state index is 0.186. The molecule has 1 aromatic carbocycles. The Kier molecular flexibility index (Phi) is 7.81. The zero-order chi connectivity index (χ0) is 25.3. The van der Waals surface area contributed by atoms with Crippen molar-refractivity contribution >= 4 is 0 Å². The van der Waals surface area contributed by atoms with Gasteiger partial charge in [-0.2, -0.15) is 0 Å². The topological polar surface area (TPSA) is 64.6 Å². The van der Waals surface area contributed by atoms with Crippen molar-refractivity contribution in [1.29, 1.82) is 0 Å². The lowest BCUT2D eigenvalue weighted by Crippen LogP contribution is -2.56. The maximum atomic E-state index is 6.72. The first kappa shape index (κ1) is 26.0. The molecule has 0 amide bonds. The Morgan fingerprint density at radius 1 is 0.784 bits per heavy atom. The standard InChI is InChI=1S/C30H44O7/c1-21(2)13-18-32-23-11-9-22(10-12-23)19-31-20-24-25-26(35-29(34-25)14-5-3-6-15-29)27-28(33-24)37-30(36-27)16-7-4-8-17-30/h9-12,21,24-28H,3-8,13-20H2,1-2H3/t24-,25+,26-,27-,28+/m0/s1. The van der Waals surface area contributed by atoms with Crippen LogP contribution in [0.5, 0.6) is 5.75 Å². The van der Waals surface area contributed by atoms with Crippen LogP contribution >= 0.6 is 0 Å².